The molecule has 0 bridgehead atoms. The number of nitrogens with zero attached hydrogens (tertiary/aromatic N) is 1. The minimum absolute atomic E-state index is 0.580. The Bertz CT molecular complexity index is 235. The van der Waals surface area contributed by atoms with Gasteiger partial charge in [-0.1, -0.05) is 6.07 Å². The lowest BCUT2D eigenvalue weighted by Gasteiger charge is -2.07. The summed E-state index contributed by atoms with van der Waals surface area (Å²) < 4.78 is 0. The molecule has 1 heterocycles. The highest BCUT2D eigenvalue weighted by Gasteiger charge is 2.06. The lowest BCUT2D eigenvalue weighted by atomic mass is 10.2. The van der Waals surface area contributed by atoms with Crippen LogP contribution in [0.4, 0.5) is 0 Å². The summed E-state index contributed by atoms with van der Waals surface area (Å²) in [6, 6.07) is 5.24. The van der Waals surface area contributed by atoms with E-state index in [4.69, 9.17) is 0 Å². The Labute approximate surface area is 71.7 Å². The summed E-state index contributed by atoms with van der Waals surface area (Å²) in [6.07, 6.45) is -1.16. The highest BCUT2D eigenvalue weighted by molar-refractivity contribution is 5.13. The lowest BCUT2D eigenvalue weighted by molar-refractivity contribution is 0.183. The molecule has 1 aromatic heterocycles. The molecule has 0 aliphatic rings. The Kier molecular flexibility index (Phi) is 2.78. The molecular weight excluding hydrogens is 154 g/mol. The molecule has 66 valence electrons. The normalized spacial score (nSPS) is 15.7. The van der Waals surface area contributed by atoms with Gasteiger partial charge in [-0.05, 0) is 26.0 Å². The van der Waals surface area contributed by atoms with Crippen molar-refractivity contribution in [3.05, 3.63) is 29.6 Å². The maximum Gasteiger partial charge on any atom is 0.0931 e. The molecule has 1 aromatic rings. The largest absolute Gasteiger partial charge is 0.387 e. The predicted molar refractivity (Wildman–Crippen MR) is 45.5 cm³/mol. The molecule has 1 rings (SSSR count). The van der Waals surface area contributed by atoms with Gasteiger partial charge in [0.2, 0.25) is 0 Å². The molecular formula is C9H13NO2. The summed E-state index contributed by atoms with van der Waals surface area (Å²) in [5.41, 5.74) is 1.18. The van der Waals surface area contributed by atoms with Crippen molar-refractivity contribution in [1.29, 1.82) is 0 Å². The van der Waals surface area contributed by atoms with E-state index in [0.29, 0.717) is 11.4 Å². The molecule has 0 unspecified atom stereocenters. The van der Waals surface area contributed by atoms with Crippen LogP contribution in [0.15, 0.2) is 18.2 Å². The summed E-state index contributed by atoms with van der Waals surface area (Å²) >= 11 is 0. The zero-order valence-electron chi connectivity index (χ0n) is 7.23. The minimum atomic E-state index is -0.580. The summed E-state index contributed by atoms with van der Waals surface area (Å²) in [4.78, 5) is 4.07. The predicted octanol–water partition coefficient (Wildman–Crippen LogP) is 1.19. The van der Waals surface area contributed by atoms with Crippen molar-refractivity contribution in [2.24, 2.45) is 0 Å². The second-order valence-electron chi connectivity index (χ2n) is 2.84. The highest BCUT2D eigenvalue weighted by atomic mass is 16.3. The summed E-state index contributed by atoms with van der Waals surface area (Å²) in [5, 5.41) is 18.4. The van der Waals surface area contributed by atoms with Gasteiger partial charge >= 0.3 is 0 Å². The molecule has 0 aromatic carbocycles. The zero-order valence-corrected chi connectivity index (χ0v) is 7.23. The average Bonchev–Trinajstić information content (AvgIpc) is 2.04. The van der Waals surface area contributed by atoms with Crippen LogP contribution < -0.4 is 0 Å². The fourth-order valence-corrected chi connectivity index (χ4v) is 0.934. The van der Waals surface area contributed by atoms with E-state index in [1.165, 1.54) is 0 Å². The number of aliphatic hydroxyl groups excluding tert-OH is 2. The number of aromatic nitrogens is 1. The molecule has 12 heavy (non-hydrogen) atoms. The Hall–Kier alpha value is -0.930. The molecule has 0 fully saturated rings. The van der Waals surface area contributed by atoms with Gasteiger partial charge in [0.15, 0.2) is 0 Å². The van der Waals surface area contributed by atoms with E-state index in [9.17, 15) is 10.2 Å². The van der Waals surface area contributed by atoms with Crippen LogP contribution in [0.25, 0.3) is 0 Å². The van der Waals surface area contributed by atoms with Crippen LogP contribution in [0.5, 0.6) is 0 Å². The monoisotopic (exact) mass is 167 g/mol. The van der Waals surface area contributed by atoms with Crippen molar-refractivity contribution in [2.45, 2.75) is 26.1 Å². The van der Waals surface area contributed by atoms with E-state index in [1.807, 2.05) is 0 Å². The molecule has 0 aliphatic carbocycles. The maximum absolute atomic E-state index is 9.19. The van der Waals surface area contributed by atoms with Gasteiger partial charge in [-0.25, -0.2) is 0 Å². The van der Waals surface area contributed by atoms with E-state index in [0.717, 1.165) is 0 Å². The first kappa shape index (κ1) is 9.16. The second kappa shape index (κ2) is 3.65. The van der Waals surface area contributed by atoms with E-state index in [2.05, 4.69) is 4.98 Å². The fourth-order valence-electron chi connectivity index (χ4n) is 0.934. The van der Waals surface area contributed by atoms with Crippen molar-refractivity contribution < 1.29 is 10.2 Å². The SMILES string of the molecule is C[C@H](O)c1cccc([C@@H](C)O)n1. The third-order valence-corrected chi connectivity index (χ3v) is 1.65. The van der Waals surface area contributed by atoms with E-state index in [1.54, 1.807) is 32.0 Å². The first-order valence-electron chi connectivity index (χ1n) is 3.94. The van der Waals surface area contributed by atoms with Gasteiger partial charge in [0.25, 0.3) is 0 Å². The average molecular weight is 167 g/mol. The Morgan fingerprint density at radius 1 is 1.08 bits per heavy atom. The van der Waals surface area contributed by atoms with Crippen LogP contribution >= 0.6 is 0 Å². The molecule has 0 amide bonds. The Morgan fingerprint density at radius 3 is 1.83 bits per heavy atom. The van der Waals surface area contributed by atoms with Crippen molar-refractivity contribution in [2.75, 3.05) is 0 Å². The minimum Gasteiger partial charge on any atom is -0.387 e. The second-order valence-corrected chi connectivity index (χ2v) is 2.84. The maximum atomic E-state index is 9.19. The molecule has 0 radical (unpaired) electrons. The number of rotatable bonds is 2. The van der Waals surface area contributed by atoms with Gasteiger partial charge in [-0.2, -0.15) is 0 Å². The third kappa shape index (κ3) is 2.03. The van der Waals surface area contributed by atoms with E-state index in [-0.39, 0.29) is 0 Å². The van der Waals surface area contributed by atoms with Gasteiger partial charge in [-0.3, -0.25) is 4.98 Å². The van der Waals surface area contributed by atoms with Crippen LogP contribution in [0.1, 0.15) is 37.4 Å². The molecule has 0 spiro atoms. The smallest absolute Gasteiger partial charge is 0.0931 e. The topological polar surface area (TPSA) is 53.4 Å². The van der Waals surface area contributed by atoms with Crippen LogP contribution in [-0.2, 0) is 0 Å². The van der Waals surface area contributed by atoms with Gasteiger partial charge in [-0.15, -0.1) is 0 Å². The number of hydrogen-bond acceptors (Lipinski definition) is 3. The van der Waals surface area contributed by atoms with Crippen LogP contribution in [-0.4, -0.2) is 15.2 Å². The highest BCUT2D eigenvalue weighted by Crippen LogP contribution is 2.13. The molecule has 3 heteroatoms. The molecule has 0 aliphatic heterocycles. The lowest BCUT2D eigenvalue weighted by Crippen LogP contribution is -2.01. The van der Waals surface area contributed by atoms with Crippen molar-refractivity contribution in [3.8, 4) is 0 Å². The van der Waals surface area contributed by atoms with Crippen molar-refractivity contribution >= 4 is 0 Å². The van der Waals surface area contributed by atoms with Crippen molar-refractivity contribution in [1.82, 2.24) is 4.98 Å². The molecule has 0 saturated heterocycles. The molecule has 3 nitrogen and oxygen atoms in total. The number of aliphatic hydroxyl groups is 2. The van der Waals surface area contributed by atoms with Gasteiger partial charge < -0.3 is 10.2 Å². The van der Waals surface area contributed by atoms with Crippen LogP contribution in [0.2, 0.25) is 0 Å². The van der Waals surface area contributed by atoms with Crippen LogP contribution in [0, 0.1) is 0 Å². The molecule has 2 N–H and O–H groups in total. The van der Waals surface area contributed by atoms with E-state index < -0.39 is 12.2 Å². The van der Waals surface area contributed by atoms with Gasteiger partial charge in [0, 0.05) is 0 Å². The zero-order chi connectivity index (χ0) is 9.14. The summed E-state index contributed by atoms with van der Waals surface area (Å²) in [7, 11) is 0. The summed E-state index contributed by atoms with van der Waals surface area (Å²) in [5.74, 6) is 0. The van der Waals surface area contributed by atoms with Crippen LogP contribution in [0.3, 0.4) is 0 Å². The first-order chi connectivity index (χ1) is 5.61. The first-order valence-corrected chi connectivity index (χ1v) is 3.94. The van der Waals surface area contributed by atoms with Gasteiger partial charge in [0.1, 0.15) is 0 Å². The third-order valence-electron chi connectivity index (χ3n) is 1.65. The fraction of sp³-hybridized carbons (Fsp3) is 0.444. The standard InChI is InChI=1S/C9H13NO2/c1-6(11)8-4-3-5-9(10-8)7(2)12/h3-7,11-12H,1-2H3/t6-,7+. The summed E-state index contributed by atoms with van der Waals surface area (Å²) in [6.45, 7) is 3.29. The van der Waals surface area contributed by atoms with Gasteiger partial charge in [0.05, 0.1) is 23.6 Å². The van der Waals surface area contributed by atoms with E-state index >= 15 is 0 Å². The Balaban J connectivity index is 2.96. The molecule has 2 atom stereocenters. The Morgan fingerprint density at radius 2 is 1.50 bits per heavy atom. The number of hydrogen-bond donors (Lipinski definition) is 2. The quantitative estimate of drug-likeness (QED) is 0.695. The number of pyridine rings is 1. The molecule has 0 saturated carbocycles. The van der Waals surface area contributed by atoms with Crippen molar-refractivity contribution in [3.63, 3.8) is 0 Å².